The van der Waals surface area contributed by atoms with Gasteiger partial charge in [-0.1, -0.05) is 41.9 Å². The molecule has 27 heavy (non-hydrogen) atoms. The molecule has 4 rings (SSSR count). The number of halogens is 1. The molecule has 6 heteroatoms. The van der Waals surface area contributed by atoms with E-state index in [9.17, 15) is 15.0 Å². The van der Waals surface area contributed by atoms with Gasteiger partial charge in [-0.05, 0) is 35.0 Å². The van der Waals surface area contributed by atoms with E-state index in [2.05, 4.69) is 4.98 Å². The van der Waals surface area contributed by atoms with Crippen LogP contribution < -0.4 is 4.74 Å². The molecular weight excluding hydrogens is 366 g/mol. The van der Waals surface area contributed by atoms with Gasteiger partial charge in [-0.2, -0.15) is 0 Å². The molecule has 0 aliphatic rings. The highest BCUT2D eigenvalue weighted by molar-refractivity contribution is 6.32. The summed E-state index contributed by atoms with van der Waals surface area (Å²) >= 11 is 6.07. The first-order valence-corrected chi connectivity index (χ1v) is 8.50. The summed E-state index contributed by atoms with van der Waals surface area (Å²) in [5.41, 5.74) is 1.68. The number of methoxy groups -OCH3 is 1. The molecule has 0 saturated carbocycles. The number of ether oxygens (including phenoxy) is 1. The van der Waals surface area contributed by atoms with Crippen LogP contribution in [0, 0.1) is 0 Å². The third-order valence-electron chi connectivity index (χ3n) is 4.47. The van der Waals surface area contributed by atoms with E-state index in [1.807, 2.05) is 30.3 Å². The molecule has 0 atom stereocenters. The molecule has 1 heterocycles. The number of benzene rings is 3. The van der Waals surface area contributed by atoms with Crippen LogP contribution in [-0.2, 0) is 0 Å². The summed E-state index contributed by atoms with van der Waals surface area (Å²) in [4.78, 5) is 16.6. The Hall–Kier alpha value is -3.31. The Kier molecular flexibility index (Phi) is 4.09. The average molecular weight is 380 g/mol. The highest BCUT2D eigenvalue weighted by Crippen LogP contribution is 2.39. The predicted octanol–water partition coefficient (Wildman–Crippen LogP) is 5.12. The van der Waals surface area contributed by atoms with Gasteiger partial charge in [0.15, 0.2) is 11.5 Å². The topological polar surface area (TPSA) is 79.7 Å². The number of rotatable bonds is 3. The number of fused-ring (bicyclic) bond motifs is 3. The fraction of sp³-hybridized carbons (Fsp3) is 0.0476. The molecule has 0 aliphatic carbocycles. The maximum atomic E-state index is 12.0. The molecule has 0 saturated heterocycles. The van der Waals surface area contributed by atoms with E-state index in [4.69, 9.17) is 16.3 Å². The summed E-state index contributed by atoms with van der Waals surface area (Å²) in [5.74, 6) is -1.03. The summed E-state index contributed by atoms with van der Waals surface area (Å²) in [5, 5.41) is 22.2. The monoisotopic (exact) mass is 379 g/mol. The minimum absolute atomic E-state index is 0.0987. The molecule has 0 aliphatic heterocycles. The number of carboxylic acid groups (broad SMARTS) is 1. The zero-order valence-corrected chi connectivity index (χ0v) is 15.0. The Morgan fingerprint density at radius 3 is 2.63 bits per heavy atom. The second-order valence-electron chi connectivity index (χ2n) is 6.05. The molecule has 3 aromatic carbocycles. The van der Waals surface area contributed by atoms with E-state index in [0.29, 0.717) is 22.2 Å². The van der Waals surface area contributed by atoms with Crippen molar-refractivity contribution in [3.05, 3.63) is 65.2 Å². The van der Waals surface area contributed by atoms with Crippen LogP contribution in [-0.4, -0.2) is 28.3 Å². The fourth-order valence-electron chi connectivity index (χ4n) is 3.20. The molecule has 2 N–H and O–H groups in total. The van der Waals surface area contributed by atoms with E-state index in [-0.39, 0.29) is 22.1 Å². The lowest BCUT2D eigenvalue weighted by atomic mass is 9.98. The number of carbonyl (C=O) groups is 1. The maximum absolute atomic E-state index is 12.0. The van der Waals surface area contributed by atoms with Crippen molar-refractivity contribution in [3.63, 3.8) is 0 Å². The summed E-state index contributed by atoms with van der Waals surface area (Å²) in [6.45, 7) is 0. The number of aromatic carboxylic acids is 1. The molecule has 0 fully saturated rings. The Morgan fingerprint density at radius 2 is 1.89 bits per heavy atom. The summed E-state index contributed by atoms with van der Waals surface area (Å²) < 4.78 is 5.13. The number of phenols is 1. The molecule has 0 spiro atoms. The number of nitrogens with zero attached hydrogens (tertiary/aromatic N) is 1. The highest BCUT2D eigenvalue weighted by atomic mass is 35.5. The molecule has 5 nitrogen and oxygen atoms in total. The van der Waals surface area contributed by atoms with Crippen LogP contribution in [0.15, 0.2) is 54.6 Å². The van der Waals surface area contributed by atoms with E-state index < -0.39 is 5.97 Å². The molecule has 0 unspecified atom stereocenters. The smallest absolute Gasteiger partial charge is 0.336 e. The number of carboxylic acids is 1. The van der Waals surface area contributed by atoms with Crippen LogP contribution in [0.2, 0.25) is 5.02 Å². The summed E-state index contributed by atoms with van der Waals surface area (Å²) in [6, 6.07) is 15.9. The first kappa shape index (κ1) is 17.1. The SMILES string of the molecule is COc1cc(-c2cc(C(=O)O)c3c(ccc4ccccc43)n2)cc(Cl)c1O. The fourth-order valence-corrected chi connectivity index (χ4v) is 3.41. The van der Waals surface area contributed by atoms with Crippen LogP contribution in [0.5, 0.6) is 11.5 Å². The lowest BCUT2D eigenvalue weighted by Gasteiger charge is -2.12. The number of pyridine rings is 1. The number of aromatic nitrogens is 1. The van der Waals surface area contributed by atoms with Gasteiger partial charge >= 0.3 is 5.97 Å². The van der Waals surface area contributed by atoms with Crippen molar-refractivity contribution in [2.24, 2.45) is 0 Å². The molecule has 4 aromatic rings. The van der Waals surface area contributed by atoms with Gasteiger partial charge in [-0.3, -0.25) is 0 Å². The molecular formula is C21H14ClNO4. The number of phenolic OH excluding ortho intramolecular Hbond substituents is 1. The molecule has 0 radical (unpaired) electrons. The largest absolute Gasteiger partial charge is 0.503 e. The summed E-state index contributed by atoms with van der Waals surface area (Å²) in [7, 11) is 1.41. The Bertz CT molecular complexity index is 1220. The summed E-state index contributed by atoms with van der Waals surface area (Å²) in [6.07, 6.45) is 0. The van der Waals surface area contributed by atoms with Crippen LogP contribution in [0.1, 0.15) is 10.4 Å². The Morgan fingerprint density at radius 1 is 1.11 bits per heavy atom. The van der Waals surface area contributed by atoms with E-state index >= 15 is 0 Å². The Balaban J connectivity index is 2.06. The first-order valence-electron chi connectivity index (χ1n) is 8.12. The maximum Gasteiger partial charge on any atom is 0.336 e. The van der Waals surface area contributed by atoms with Gasteiger partial charge in [0.25, 0.3) is 0 Å². The van der Waals surface area contributed by atoms with Crippen LogP contribution >= 0.6 is 11.6 Å². The second-order valence-corrected chi connectivity index (χ2v) is 6.46. The minimum Gasteiger partial charge on any atom is -0.503 e. The van der Waals surface area contributed by atoms with E-state index in [1.165, 1.54) is 19.2 Å². The van der Waals surface area contributed by atoms with Gasteiger partial charge < -0.3 is 14.9 Å². The van der Waals surface area contributed by atoms with E-state index in [0.717, 1.165) is 10.8 Å². The highest BCUT2D eigenvalue weighted by Gasteiger charge is 2.17. The lowest BCUT2D eigenvalue weighted by molar-refractivity contribution is 0.0699. The molecule has 0 amide bonds. The average Bonchev–Trinajstić information content (AvgIpc) is 2.68. The van der Waals surface area contributed by atoms with Crippen molar-refractivity contribution in [1.82, 2.24) is 4.98 Å². The van der Waals surface area contributed by atoms with Crippen LogP contribution in [0.25, 0.3) is 32.9 Å². The van der Waals surface area contributed by atoms with Gasteiger partial charge in [0.2, 0.25) is 0 Å². The van der Waals surface area contributed by atoms with Crippen molar-refractivity contribution in [2.45, 2.75) is 0 Å². The number of hydrogen-bond donors (Lipinski definition) is 2. The lowest BCUT2D eigenvalue weighted by Crippen LogP contribution is -2.01. The zero-order chi connectivity index (χ0) is 19.1. The first-order chi connectivity index (χ1) is 13.0. The number of aromatic hydroxyl groups is 1. The molecule has 134 valence electrons. The normalized spacial score (nSPS) is 11.0. The van der Waals surface area contributed by atoms with Crippen molar-refractivity contribution >= 4 is 39.2 Å². The zero-order valence-electron chi connectivity index (χ0n) is 14.2. The second kappa shape index (κ2) is 6.45. The van der Waals surface area contributed by atoms with Crippen molar-refractivity contribution in [2.75, 3.05) is 7.11 Å². The Labute approximate surface area is 159 Å². The third-order valence-corrected chi connectivity index (χ3v) is 4.76. The van der Waals surface area contributed by atoms with Gasteiger partial charge in [0.05, 0.1) is 28.9 Å². The van der Waals surface area contributed by atoms with Crippen molar-refractivity contribution in [1.29, 1.82) is 0 Å². The van der Waals surface area contributed by atoms with Gasteiger partial charge in [0.1, 0.15) is 0 Å². The third kappa shape index (κ3) is 2.82. The predicted molar refractivity (Wildman–Crippen MR) is 105 cm³/mol. The number of hydrogen-bond acceptors (Lipinski definition) is 4. The van der Waals surface area contributed by atoms with Crippen molar-refractivity contribution < 1.29 is 19.7 Å². The molecule has 0 bridgehead atoms. The van der Waals surface area contributed by atoms with Gasteiger partial charge in [0, 0.05) is 10.9 Å². The minimum atomic E-state index is -1.04. The standard InChI is InChI=1S/C21H14ClNO4/c1-27-18-9-12(8-15(22)20(18)24)17-10-14(21(25)26)19-13-5-3-2-4-11(13)6-7-16(19)23-17/h2-10,24H,1H3,(H,25,26). The van der Waals surface area contributed by atoms with Crippen LogP contribution in [0.3, 0.4) is 0 Å². The van der Waals surface area contributed by atoms with Gasteiger partial charge in [-0.15, -0.1) is 0 Å². The van der Waals surface area contributed by atoms with Crippen molar-refractivity contribution in [3.8, 4) is 22.8 Å². The quantitative estimate of drug-likeness (QED) is 0.483. The van der Waals surface area contributed by atoms with E-state index in [1.54, 1.807) is 12.1 Å². The molecule has 1 aromatic heterocycles. The van der Waals surface area contributed by atoms with Gasteiger partial charge in [-0.25, -0.2) is 9.78 Å². The van der Waals surface area contributed by atoms with Crippen LogP contribution in [0.4, 0.5) is 0 Å².